The summed E-state index contributed by atoms with van der Waals surface area (Å²) in [6.45, 7) is 0.114. The Labute approximate surface area is 196 Å². The fraction of sp³-hybridized carbons (Fsp3) is 0.0833. The maximum atomic E-state index is 15.1. The molecule has 0 aliphatic rings. The number of aliphatic hydroxyl groups excluding tert-OH is 1. The van der Waals surface area contributed by atoms with Crippen molar-refractivity contribution in [2.75, 3.05) is 29.1 Å². The normalized spacial score (nSPS) is 10.7. The maximum absolute atomic E-state index is 15.1. The molecule has 1 aromatic heterocycles. The molecule has 4 rings (SSSR count). The third-order valence-corrected chi connectivity index (χ3v) is 4.87. The van der Waals surface area contributed by atoms with Crippen molar-refractivity contribution in [2.45, 2.75) is 0 Å². The van der Waals surface area contributed by atoms with Crippen molar-refractivity contribution < 1.29 is 27.9 Å². The Bertz CT molecular complexity index is 1430. The molecule has 178 valence electrons. The second kappa shape index (κ2) is 10.2. The molecule has 0 aliphatic heterocycles. The number of halogens is 3. The summed E-state index contributed by atoms with van der Waals surface area (Å²) in [5.41, 5.74) is -0.503. The molecule has 1 heterocycles. The zero-order chi connectivity index (χ0) is 24.9. The molecular formula is C24H18F3N5O3. The second-order valence-electron chi connectivity index (χ2n) is 7.31. The fourth-order valence-electron chi connectivity index (χ4n) is 3.27. The molecule has 0 radical (unpaired) electrons. The van der Waals surface area contributed by atoms with E-state index < -0.39 is 40.5 Å². The van der Waals surface area contributed by atoms with Gasteiger partial charge in [0.05, 0.1) is 35.1 Å². The number of anilines is 3. The number of benzene rings is 3. The van der Waals surface area contributed by atoms with Crippen LogP contribution in [0.1, 0.15) is 15.9 Å². The van der Waals surface area contributed by atoms with Crippen molar-refractivity contribution in [2.24, 2.45) is 0 Å². The quantitative estimate of drug-likeness (QED) is 0.292. The van der Waals surface area contributed by atoms with Crippen LogP contribution in [0.4, 0.5) is 35.2 Å². The minimum absolute atomic E-state index is 0.0507. The highest BCUT2D eigenvalue weighted by atomic mass is 19.1. The number of aliphatic hydroxyl groups is 1. The van der Waals surface area contributed by atoms with Gasteiger partial charge >= 0.3 is 6.03 Å². The van der Waals surface area contributed by atoms with Gasteiger partial charge in [-0.25, -0.2) is 22.9 Å². The van der Waals surface area contributed by atoms with E-state index in [0.717, 1.165) is 18.2 Å². The summed E-state index contributed by atoms with van der Waals surface area (Å²) in [5, 5.41) is 16.3. The molecule has 0 bridgehead atoms. The van der Waals surface area contributed by atoms with Crippen molar-refractivity contribution in [3.05, 3.63) is 89.4 Å². The van der Waals surface area contributed by atoms with E-state index in [1.165, 1.54) is 42.6 Å². The van der Waals surface area contributed by atoms with E-state index in [-0.39, 0.29) is 24.4 Å². The van der Waals surface area contributed by atoms with Crippen LogP contribution in [-0.4, -0.2) is 40.0 Å². The first-order valence-corrected chi connectivity index (χ1v) is 10.3. The maximum Gasteiger partial charge on any atom is 0.323 e. The topological polar surface area (TPSA) is 116 Å². The van der Waals surface area contributed by atoms with Gasteiger partial charge in [0.1, 0.15) is 17.5 Å². The van der Waals surface area contributed by atoms with Crippen LogP contribution in [0.2, 0.25) is 0 Å². The molecule has 0 aliphatic carbocycles. The van der Waals surface area contributed by atoms with Gasteiger partial charge in [-0.15, -0.1) is 0 Å². The van der Waals surface area contributed by atoms with E-state index in [2.05, 4.69) is 25.9 Å². The summed E-state index contributed by atoms with van der Waals surface area (Å²) < 4.78 is 42.9. The Morgan fingerprint density at radius 2 is 1.77 bits per heavy atom. The minimum Gasteiger partial charge on any atom is -0.395 e. The molecule has 0 spiro atoms. The molecule has 11 heteroatoms. The van der Waals surface area contributed by atoms with Gasteiger partial charge in [0.25, 0.3) is 0 Å². The lowest BCUT2D eigenvalue weighted by molar-refractivity contribution is 0.103. The van der Waals surface area contributed by atoms with Crippen molar-refractivity contribution in [1.29, 1.82) is 0 Å². The predicted octanol–water partition coefficient (Wildman–Crippen LogP) is 4.33. The standard InChI is InChI=1S/C24H18F3N5O3/c25-14-2-1-3-15(11-14)30-24(35)32-18-7-5-16(26)21(22(18)27)23(34)13-4-6-17-19(10-13)31-20(12-29-17)28-8-9-33/h1-7,10-12,33H,8-9H2,(H,28,31)(H2,30,32,35). The van der Waals surface area contributed by atoms with E-state index in [1.54, 1.807) is 0 Å². The van der Waals surface area contributed by atoms with Gasteiger partial charge in [-0.1, -0.05) is 6.07 Å². The lowest BCUT2D eigenvalue weighted by atomic mass is 10.0. The minimum atomic E-state index is -1.27. The third kappa shape index (κ3) is 5.36. The molecule has 4 N–H and O–H groups in total. The molecule has 8 nitrogen and oxygen atoms in total. The number of nitrogens with zero attached hydrogens (tertiary/aromatic N) is 2. The summed E-state index contributed by atoms with van der Waals surface area (Å²) in [6, 6.07) is 10.1. The van der Waals surface area contributed by atoms with Crippen molar-refractivity contribution in [3.63, 3.8) is 0 Å². The predicted molar refractivity (Wildman–Crippen MR) is 124 cm³/mol. The van der Waals surface area contributed by atoms with Gasteiger partial charge in [-0.3, -0.25) is 9.78 Å². The van der Waals surface area contributed by atoms with Crippen molar-refractivity contribution >= 4 is 40.0 Å². The SMILES string of the molecule is O=C(Nc1cccc(F)c1)Nc1ccc(F)c(C(=O)c2ccc3ncc(NCCO)nc3c2)c1F. The number of carbonyl (C=O) groups is 2. The Balaban J connectivity index is 1.60. The summed E-state index contributed by atoms with van der Waals surface area (Å²) in [4.78, 5) is 33.7. The summed E-state index contributed by atoms with van der Waals surface area (Å²) in [5.74, 6) is -3.59. The van der Waals surface area contributed by atoms with Crippen LogP contribution < -0.4 is 16.0 Å². The van der Waals surface area contributed by atoms with Crippen LogP contribution in [0.5, 0.6) is 0 Å². The van der Waals surface area contributed by atoms with Gasteiger partial charge in [0.2, 0.25) is 0 Å². The number of ketones is 1. The number of carbonyl (C=O) groups excluding carboxylic acids is 2. The highest BCUT2D eigenvalue weighted by Gasteiger charge is 2.23. The van der Waals surface area contributed by atoms with E-state index in [0.29, 0.717) is 16.9 Å². The van der Waals surface area contributed by atoms with E-state index in [4.69, 9.17) is 5.11 Å². The number of rotatable bonds is 7. The van der Waals surface area contributed by atoms with Crippen LogP contribution in [0, 0.1) is 17.5 Å². The van der Waals surface area contributed by atoms with Crippen LogP contribution in [-0.2, 0) is 0 Å². The second-order valence-corrected chi connectivity index (χ2v) is 7.31. The molecule has 0 atom stereocenters. The Kier molecular flexibility index (Phi) is 6.88. The molecule has 0 saturated carbocycles. The van der Waals surface area contributed by atoms with E-state index in [9.17, 15) is 18.4 Å². The van der Waals surface area contributed by atoms with Crippen LogP contribution >= 0.6 is 0 Å². The van der Waals surface area contributed by atoms with Gasteiger partial charge < -0.3 is 21.1 Å². The molecule has 3 aromatic carbocycles. The Morgan fingerprint density at radius 3 is 2.54 bits per heavy atom. The number of fused-ring (bicyclic) bond motifs is 1. The average Bonchev–Trinajstić information content (AvgIpc) is 2.84. The first-order chi connectivity index (χ1) is 16.9. The monoisotopic (exact) mass is 481 g/mol. The van der Waals surface area contributed by atoms with E-state index in [1.807, 2.05) is 0 Å². The van der Waals surface area contributed by atoms with Crippen LogP contribution in [0.25, 0.3) is 11.0 Å². The van der Waals surface area contributed by atoms with Crippen LogP contribution in [0.3, 0.4) is 0 Å². The number of amides is 2. The average molecular weight is 481 g/mol. The van der Waals surface area contributed by atoms with Gasteiger partial charge in [-0.2, -0.15) is 0 Å². The molecule has 0 saturated heterocycles. The zero-order valence-electron chi connectivity index (χ0n) is 18.0. The van der Waals surface area contributed by atoms with Gasteiger partial charge in [0.15, 0.2) is 11.6 Å². The number of nitrogens with one attached hydrogen (secondary N) is 3. The van der Waals surface area contributed by atoms with Gasteiger partial charge in [0, 0.05) is 17.8 Å². The lowest BCUT2D eigenvalue weighted by Crippen LogP contribution is -2.21. The number of aromatic nitrogens is 2. The summed E-state index contributed by atoms with van der Waals surface area (Å²) in [6.07, 6.45) is 1.45. The zero-order valence-corrected chi connectivity index (χ0v) is 18.0. The first-order valence-electron chi connectivity index (χ1n) is 10.3. The molecule has 0 unspecified atom stereocenters. The lowest BCUT2D eigenvalue weighted by Gasteiger charge is -2.12. The highest BCUT2D eigenvalue weighted by molar-refractivity contribution is 6.11. The summed E-state index contributed by atoms with van der Waals surface area (Å²) >= 11 is 0. The molecular weight excluding hydrogens is 463 g/mol. The number of hydrogen-bond acceptors (Lipinski definition) is 6. The van der Waals surface area contributed by atoms with Crippen molar-refractivity contribution in [1.82, 2.24) is 9.97 Å². The first kappa shape index (κ1) is 23.6. The highest BCUT2D eigenvalue weighted by Crippen LogP contribution is 2.25. The number of hydrogen-bond donors (Lipinski definition) is 4. The Morgan fingerprint density at radius 1 is 0.943 bits per heavy atom. The fourth-order valence-corrected chi connectivity index (χ4v) is 3.27. The summed E-state index contributed by atoms with van der Waals surface area (Å²) in [7, 11) is 0. The third-order valence-electron chi connectivity index (χ3n) is 4.87. The smallest absolute Gasteiger partial charge is 0.323 e. The van der Waals surface area contributed by atoms with Crippen LogP contribution in [0.15, 0.2) is 60.8 Å². The Hall–Kier alpha value is -4.51. The molecule has 35 heavy (non-hydrogen) atoms. The van der Waals surface area contributed by atoms with Crippen molar-refractivity contribution in [3.8, 4) is 0 Å². The largest absolute Gasteiger partial charge is 0.395 e. The molecule has 4 aromatic rings. The molecule has 2 amide bonds. The van der Waals surface area contributed by atoms with Gasteiger partial charge in [-0.05, 0) is 48.5 Å². The van der Waals surface area contributed by atoms with E-state index >= 15 is 4.39 Å². The number of urea groups is 1. The molecule has 0 fully saturated rings.